The summed E-state index contributed by atoms with van der Waals surface area (Å²) in [5.41, 5.74) is 0.433. The standard InChI is InChI=1S/C12H12N6O/c1-13-10-16-11(14-2)18-9(19)7-5-3-4-6-8(7)15-12(18)17-10/h3-6H,1-2H3,(H2,13,14,15,16,17). The van der Waals surface area contributed by atoms with Crippen molar-refractivity contribution in [1.82, 2.24) is 19.4 Å². The van der Waals surface area contributed by atoms with Crippen molar-refractivity contribution in [2.45, 2.75) is 0 Å². The minimum absolute atomic E-state index is 0.187. The van der Waals surface area contributed by atoms with Gasteiger partial charge in [0.15, 0.2) is 0 Å². The van der Waals surface area contributed by atoms with Gasteiger partial charge in [0, 0.05) is 14.1 Å². The second-order valence-electron chi connectivity index (χ2n) is 3.94. The SMILES string of the molecule is CNc1nc(NC)n2c(=O)c3ccccc3nc2n1. The van der Waals surface area contributed by atoms with Gasteiger partial charge in [-0.2, -0.15) is 9.97 Å². The maximum absolute atomic E-state index is 12.4. The molecule has 0 unspecified atom stereocenters. The van der Waals surface area contributed by atoms with Gasteiger partial charge >= 0.3 is 0 Å². The molecule has 0 aliphatic heterocycles. The van der Waals surface area contributed by atoms with E-state index in [1.165, 1.54) is 4.40 Å². The highest BCUT2D eigenvalue weighted by atomic mass is 16.1. The molecule has 0 saturated heterocycles. The van der Waals surface area contributed by atoms with Gasteiger partial charge in [-0.1, -0.05) is 12.1 Å². The molecule has 3 rings (SSSR count). The Balaban J connectivity index is 2.54. The Labute approximate surface area is 108 Å². The summed E-state index contributed by atoms with van der Waals surface area (Å²) in [6.45, 7) is 0. The lowest BCUT2D eigenvalue weighted by atomic mass is 10.2. The van der Waals surface area contributed by atoms with E-state index < -0.39 is 0 Å². The van der Waals surface area contributed by atoms with Crippen molar-refractivity contribution in [2.75, 3.05) is 24.7 Å². The average Bonchev–Trinajstić information content (AvgIpc) is 2.46. The molecule has 0 radical (unpaired) electrons. The van der Waals surface area contributed by atoms with E-state index in [1.54, 1.807) is 32.3 Å². The largest absolute Gasteiger partial charge is 0.358 e. The van der Waals surface area contributed by atoms with Gasteiger partial charge in [0.1, 0.15) is 0 Å². The molecule has 19 heavy (non-hydrogen) atoms. The molecule has 0 fully saturated rings. The van der Waals surface area contributed by atoms with Gasteiger partial charge < -0.3 is 10.6 Å². The Hall–Kier alpha value is -2.70. The fourth-order valence-electron chi connectivity index (χ4n) is 1.94. The second kappa shape index (κ2) is 4.20. The first-order valence-electron chi connectivity index (χ1n) is 5.79. The van der Waals surface area contributed by atoms with E-state index in [9.17, 15) is 4.79 Å². The van der Waals surface area contributed by atoms with Crippen molar-refractivity contribution in [3.63, 3.8) is 0 Å². The summed E-state index contributed by atoms with van der Waals surface area (Å²) < 4.78 is 1.36. The number of anilines is 2. The Morgan fingerprint density at radius 2 is 1.84 bits per heavy atom. The third-order valence-electron chi connectivity index (χ3n) is 2.83. The van der Waals surface area contributed by atoms with E-state index in [0.29, 0.717) is 28.6 Å². The van der Waals surface area contributed by atoms with Crippen LogP contribution in [0, 0.1) is 0 Å². The molecule has 2 heterocycles. The van der Waals surface area contributed by atoms with E-state index in [0.717, 1.165) is 0 Å². The van der Waals surface area contributed by atoms with Crippen LogP contribution in [-0.4, -0.2) is 33.4 Å². The zero-order chi connectivity index (χ0) is 13.4. The van der Waals surface area contributed by atoms with Gasteiger partial charge in [-0.05, 0) is 12.1 Å². The molecule has 0 aliphatic rings. The van der Waals surface area contributed by atoms with Crippen LogP contribution in [0.1, 0.15) is 0 Å². The Bertz CT molecular complexity index is 825. The fraction of sp³-hybridized carbons (Fsp3) is 0.167. The molecular formula is C12H12N6O. The summed E-state index contributed by atoms with van der Waals surface area (Å²) >= 11 is 0. The number of benzene rings is 1. The number of para-hydroxylation sites is 1. The molecule has 2 aromatic heterocycles. The zero-order valence-electron chi connectivity index (χ0n) is 10.5. The van der Waals surface area contributed by atoms with Crippen LogP contribution in [0.2, 0.25) is 0 Å². The fourth-order valence-corrected chi connectivity index (χ4v) is 1.94. The number of fused-ring (bicyclic) bond motifs is 2. The van der Waals surface area contributed by atoms with Gasteiger partial charge in [0.25, 0.3) is 5.56 Å². The highest BCUT2D eigenvalue weighted by molar-refractivity contribution is 5.79. The minimum Gasteiger partial charge on any atom is -0.358 e. The first-order chi connectivity index (χ1) is 9.24. The second-order valence-corrected chi connectivity index (χ2v) is 3.94. The molecule has 96 valence electrons. The summed E-state index contributed by atoms with van der Waals surface area (Å²) in [7, 11) is 3.41. The maximum atomic E-state index is 12.4. The molecular weight excluding hydrogens is 244 g/mol. The van der Waals surface area contributed by atoms with Gasteiger partial charge in [-0.15, -0.1) is 0 Å². The Morgan fingerprint density at radius 1 is 1.05 bits per heavy atom. The van der Waals surface area contributed by atoms with Crippen LogP contribution in [0.5, 0.6) is 0 Å². The summed E-state index contributed by atoms with van der Waals surface area (Å²) in [6.07, 6.45) is 0. The summed E-state index contributed by atoms with van der Waals surface area (Å²) in [5, 5.41) is 6.26. The number of hydrogen-bond donors (Lipinski definition) is 2. The average molecular weight is 256 g/mol. The molecule has 7 nitrogen and oxygen atoms in total. The lowest BCUT2D eigenvalue weighted by Crippen LogP contribution is -2.21. The molecule has 0 bridgehead atoms. The van der Waals surface area contributed by atoms with Crippen LogP contribution in [0.25, 0.3) is 16.7 Å². The zero-order valence-corrected chi connectivity index (χ0v) is 10.5. The number of rotatable bonds is 2. The molecule has 0 atom stereocenters. The van der Waals surface area contributed by atoms with Gasteiger partial charge in [-0.3, -0.25) is 4.79 Å². The molecule has 0 amide bonds. The highest BCUT2D eigenvalue weighted by Crippen LogP contribution is 2.12. The number of aromatic nitrogens is 4. The van der Waals surface area contributed by atoms with Crippen molar-refractivity contribution in [3.8, 4) is 0 Å². The molecule has 3 aromatic rings. The van der Waals surface area contributed by atoms with Crippen LogP contribution >= 0.6 is 0 Å². The minimum atomic E-state index is -0.187. The normalized spacial score (nSPS) is 10.8. The van der Waals surface area contributed by atoms with Crippen molar-refractivity contribution in [1.29, 1.82) is 0 Å². The van der Waals surface area contributed by atoms with E-state index in [1.807, 2.05) is 6.07 Å². The van der Waals surface area contributed by atoms with Crippen molar-refractivity contribution >= 4 is 28.6 Å². The van der Waals surface area contributed by atoms with Crippen LogP contribution in [0.4, 0.5) is 11.9 Å². The summed E-state index contributed by atoms with van der Waals surface area (Å²) in [5.74, 6) is 1.12. The smallest absolute Gasteiger partial charge is 0.269 e. The molecule has 0 saturated carbocycles. The lowest BCUT2D eigenvalue weighted by Gasteiger charge is -2.09. The first kappa shape index (κ1) is 11.4. The van der Waals surface area contributed by atoms with E-state index >= 15 is 0 Å². The van der Waals surface area contributed by atoms with Gasteiger partial charge in [0.05, 0.1) is 10.9 Å². The van der Waals surface area contributed by atoms with E-state index in [2.05, 4.69) is 25.6 Å². The number of hydrogen-bond acceptors (Lipinski definition) is 6. The topological polar surface area (TPSA) is 84.2 Å². The van der Waals surface area contributed by atoms with Crippen molar-refractivity contribution in [3.05, 3.63) is 34.6 Å². The van der Waals surface area contributed by atoms with Crippen LogP contribution in [-0.2, 0) is 0 Å². The first-order valence-corrected chi connectivity index (χ1v) is 5.79. The molecule has 0 spiro atoms. The highest BCUT2D eigenvalue weighted by Gasteiger charge is 2.11. The van der Waals surface area contributed by atoms with Crippen LogP contribution in [0.15, 0.2) is 29.1 Å². The van der Waals surface area contributed by atoms with Crippen molar-refractivity contribution < 1.29 is 0 Å². The molecule has 0 aliphatic carbocycles. The van der Waals surface area contributed by atoms with Crippen molar-refractivity contribution in [2.24, 2.45) is 0 Å². The Kier molecular flexibility index (Phi) is 2.52. The predicted molar refractivity (Wildman–Crippen MR) is 73.7 cm³/mol. The molecule has 1 aromatic carbocycles. The van der Waals surface area contributed by atoms with E-state index in [-0.39, 0.29) is 5.56 Å². The van der Waals surface area contributed by atoms with E-state index in [4.69, 9.17) is 0 Å². The maximum Gasteiger partial charge on any atom is 0.269 e. The predicted octanol–water partition coefficient (Wildman–Crippen LogP) is 0.721. The number of nitrogens with one attached hydrogen (secondary N) is 2. The quantitative estimate of drug-likeness (QED) is 0.657. The number of nitrogens with zero attached hydrogens (tertiary/aromatic N) is 4. The van der Waals surface area contributed by atoms with Gasteiger partial charge in [-0.25, -0.2) is 9.38 Å². The summed E-state index contributed by atoms with van der Waals surface area (Å²) in [4.78, 5) is 25.2. The third-order valence-corrected chi connectivity index (χ3v) is 2.83. The lowest BCUT2D eigenvalue weighted by molar-refractivity contribution is 0.961. The third kappa shape index (κ3) is 1.67. The summed E-state index contributed by atoms with van der Waals surface area (Å²) in [6, 6.07) is 7.17. The monoisotopic (exact) mass is 256 g/mol. The van der Waals surface area contributed by atoms with Crippen LogP contribution < -0.4 is 16.2 Å². The molecule has 2 N–H and O–H groups in total. The Morgan fingerprint density at radius 3 is 2.58 bits per heavy atom. The van der Waals surface area contributed by atoms with Crippen LogP contribution in [0.3, 0.4) is 0 Å². The molecule has 7 heteroatoms. The van der Waals surface area contributed by atoms with Gasteiger partial charge in [0.2, 0.25) is 17.7 Å².